The Balaban J connectivity index is 1.50. The molecule has 164 valence electrons. The summed E-state index contributed by atoms with van der Waals surface area (Å²) in [6.07, 6.45) is 2.02. The SMILES string of the molecule is O=C1NCCN(C(=O)c2cccc3cccnc23)C1Cc1ccccc1-c1ccc(F)cc1. The first kappa shape index (κ1) is 20.8. The first-order valence-electron chi connectivity index (χ1n) is 10.9. The molecule has 0 bridgehead atoms. The van der Waals surface area contributed by atoms with Crippen LogP contribution in [-0.4, -0.2) is 40.8 Å². The topological polar surface area (TPSA) is 62.3 Å². The van der Waals surface area contributed by atoms with E-state index in [2.05, 4.69) is 10.3 Å². The van der Waals surface area contributed by atoms with Gasteiger partial charge in [-0.25, -0.2) is 4.39 Å². The Hall–Kier alpha value is -4.06. The van der Waals surface area contributed by atoms with Gasteiger partial charge in [-0.1, -0.05) is 54.6 Å². The summed E-state index contributed by atoms with van der Waals surface area (Å²) in [5, 5.41) is 3.77. The molecule has 3 aromatic carbocycles. The van der Waals surface area contributed by atoms with Crippen molar-refractivity contribution in [2.75, 3.05) is 13.1 Å². The second-order valence-electron chi connectivity index (χ2n) is 8.05. The van der Waals surface area contributed by atoms with E-state index >= 15 is 0 Å². The summed E-state index contributed by atoms with van der Waals surface area (Å²) in [5.74, 6) is -0.696. The lowest BCUT2D eigenvalue weighted by atomic mass is 9.93. The van der Waals surface area contributed by atoms with Crippen LogP contribution in [0.25, 0.3) is 22.0 Å². The van der Waals surface area contributed by atoms with Gasteiger partial charge < -0.3 is 10.2 Å². The Bertz CT molecular complexity index is 1330. The number of benzene rings is 3. The Morgan fingerprint density at radius 2 is 1.79 bits per heavy atom. The minimum atomic E-state index is -0.660. The number of amides is 2. The number of para-hydroxylation sites is 1. The summed E-state index contributed by atoms with van der Waals surface area (Å²) in [6, 6.07) is 22.6. The number of rotatable bonds is 4. The molecule has 1 aromatic heterocycles. The van der Waals surface area contributed by atoms with E-state index in [0.29, 0.717) is 30.6 Å². The highest BCUT2D eigenvalue weighted by Gasteiger charge is 2.34. The molecule has 0 saturated carbocycles. The van der Waals surface area contributed by atoms with Gasteiger partial charge in [0, 0.05) is 31.1 Å². The van der Waals surface area contributed by atoms with Crippen LogP contribution in [0.2, 0.25) is 0 Å². The van der Waals surface area contributed by atoms with Crippen LogP contribution in [0, 0.1) is 5.82 Å². The molecule has 1 N–H and O–H groups in total. The quantitative estimate of drug-likeness (QED) is 0.518. The molecule has 0 aliphatic carbocycles. The first-order chi connectivity index (χ1) is 16.1. The average molecular weight is 439 g/mol. The third kappa shape index (κ3) is 4.07. The van der Waals surface area contributed by atoms with Crippen molar-refractivity contribution in [2.24, 2.45) is 0 Å². The summed E-state index contributed by atoms with van der Waals surface area (Å²) in [7, 11) is 0. The van der Waals surface area contributed by atoms with E-state index in [0.717, 1.165) is 22.1 Å². The second kappa shape index (κ2) is 8.82. The van der Waals surface area contributed by atoms with Crippen LogP contribution in [0.1, 0.15) is 15.9 Å². The second-order valence-corrected chi connectivity index (χ2v) is 8.05. The summed E-state index contributed by atoms with van der Waals surface area (Å²) >= 11 is 0. The van der Waals surface area contributed by atoms with Crippen LogP contribution >= 0.6 is 0 Å². The molecule has 1 unspecified atom stereocenters. The maximum atomic E-state index is 13.6. The lowest BCUT2D eigenvalue weighted by Gasteiger charge is -2.35. The summed E-state index contributed by atoms with van der Waals surface area (Å²) in [4.78, 5) is 32.6. The Morgan fingerprint density at radius 1 is 1.00 bits per heavy atom. The van der Waals surface area contributed by atoms with Gasteiger partial charge in [0.2, 0.25) is 5.91 Å². The normalized spacial score (nSPS) is 16.0. The van der Waals surface area contributed by atoms with Crippen molar-refractivity contribution in [1.82, 2.24) is 15.2 Å². The number of halogens is 1. The molecule has 1 fully saturated rings. The van der Waals surface area contributed by atoms with Crippen LogP contribution in [0.5, 0.6) is 0 Å². The lowest BCUT2D eigenvalue weighted by molar-refractivity contribution is -0.127. The molecule has 33 heavy (non-hydrogen) atoms. The van der Waals surface area contributed by atoms with Crippen molar-refractivity contribution in [2.45, 2.75) is 12.5 Å². The predicted octanol–water partition coefficient (Wildman–Crippen LogP) is 4.22. The molecular formula is C27H22FN3O2. The number of pyridine rings is 1. The van der Waals surface area contributed by atoms with E-state index in [1.807, 2.05) is 48.5 Å². The predicted molar refractivity (Wildman–Crippen MR) is 125 cm³/mol. The minimum absolute atomic E-state index is 0.184. The van der Waals surface area contributed by atoms with Crippen molar-refractivity contribution >= 4 is 22.7 Å². The molecule has 0 spiro atoms. The molecule has 2 amide bonds. The molecular weight excluding hydrogens is 417 g/mol. The van der Waals surface area contributed by atoms with E-state index in [9.17, 15) is 14.0 Å². The molecule has 6 heteroatoms. The summed E-state index contributed by atoms with van der Waals surface area (Å²) < 4.78 is 13.4. The molecule has 4 aromatic rings. The largest absolute Gasteiger partial charge is 0.353 e. The zero-order chi connectivity index (χ0) is 22.8. The van der Waals surface area contributed by atoms with E-state index in [1.54, 1.807) is 29.3 Å². The number of aromatic nitrogens is 1. The number of hydrogen-bond donors (Lipinski definition) is 1. The Labute approximate surface area is 190 Å². The van der Waals surface area contributed by atoms with Crippen LogP contribution in [0.4, 0.5) is 4.39 Å². The maximum absolute atomic E-state index is 13.6. The zero-order valence-corrected chi connectivity index (χ0v) is 17.9. The number of carbonyl (C=O) groups is 2. The van der Waals surface area contributed by atoms with Gasteiger partial charge in [-0.15, -0.1) is 0 Å². The number of hydrogen-bond acceptors (Lipinski definition) is 3. The average Bonchev–Trinajstić information content (AvgIpc) is 2.85. The summed E-state index contributed by atoms with van der Waals surface area (Å²) in [5.41, 5.74) is 3.80. The first-order valence-corrected chi connectivity index (χ1v) is 10.9. The van der Waals surface area contributed by atoms with Crippen LogP contribution < -0.4 is 5.32 Å². The molecule has 5 nitrogen and oxygen atoms in total. The van der Waals surface area contributed by atoms with Gasteiger partial charge in [-0.3, -0.25) is 14.6 Å². The zero-order valence-electron chi connectivity index (χ0n) is 17.9. The van der Waals surface area contributed by atoms with Crippen molar-refractivity contribution < 1.29 is 14.0 Å². The number of carbonyl (C=O) groups excluding carboxylic acids is 2. The summed E-state index contributed by atoms with van der Waals surface area (Å²) in [6.45, 7) is 0.816. The third-order valence-electron chi connectivity index (χ3n) is 6.04. The van der Waals surface area contributed by atoms with Gasteiger partial charge in [0.25, 0.3) is 5.91 Å². The fourth-order valence-corrected chi connectivity index (χ4v) is 4.41. The monoisotopic (exact) mass is 439 g/mol. The van der Waals surface area contributed by atoms with E-state index < -0.39 is 6.04 Å². The van der Waals surface area contributed by atoms with Gasteiger partial charge in [-0.05, 0) is 41.0 Å². The van der Waals surface area contributed by atoms with E-state index in [-0.39, 0.29) is 17.6 Å². The van der Waals surface area contributed by atoms with Gasteiger partial charge in [0.05, 0.1) is 11.1 Å². The highest BCUT2D eigenvalue weighted by atomic mass is 19.1. The van der Waals surface area contributed by atoms with Crippen LogP contribution in [0.3, 0.4) is 0 Å². The Morgan fingerprint density at radius 3 is 2.64 bits per heavy atom. The van der Waals surface area contributed by atoms with Crippen molar-refractivity contribution in [3.8, 4) is 11.1 Å². The highest BCUT2D eigenvalue weighted by Crippen LogP contribution is 2.27. The Kier molecular flexibility index (Phi) is 5.57. The van der Waals surface area contributed by atoms with Crippen LogP contribution in [0.15, 0.2) is 85.1 Å². The molecule has 1 aliphatic heterocycles. The third-order valence-corrected chi connectivity index (χ3v) is 6.04. The molecule has 5 rings (SSSR count). The smallest absolute Gasteiger partial charge is 0.256 e. The number of nitrogens with zero attached hydrogens (tertiary/aromatic N) is 2. The van der Waals surface area contributed by atoms with Crippen molar-refractivity contribution in [1.29, 1.82) is 0 Å². The van der Waals surface area contributed by atoms with Crippen molar-refractivity contribution in [3.63, 3.8) is 0 Å². The molecule has 0 radical (unpaired) electrons. The standard InChI is InChI=1S/C27H22FN3O2/c28-21-12-10-18(11-13-21)22-8-2-1-5-20(22)17-24-26(32)30-15-16-31(24)27(33)23-9-3-6-19-7-4-14-29-25(19)23/h1-14,24H,15-17H2,(H,30,32). The number of piperazine rings is 1. The van der Waals surface area contributed by atoms with Gasteiger partial charge in [-0.2, -0.15) is 0 Å². The molecule has 2 heterocycles. The van der Waals surface area contributed by atoms with Gasteiger partial charge in [0.15, 0.2) is 0 Å². The highest BCUT2D eigenvalue weighted by molar-refractivity contribution is 6.07. The number of fused-ring (bicyclic) bond motifs is 1. The van der Waals surface area contributed by atoms with Gasteiger partial charge >= 0.3 is 0 Å². The van der Waals surface area contributed by atoms with Crippen molar-refractivity contribution in [3.05, 3.63) is 102 Å². The lowest BCUT2D eigenvalue weighted by Crippen LogP contribution is -2.58. The maximum Gasteiger partial charge on any atom is 0.256 e. The van der Waals surface area contributed by atoms with E-state index in [1.165, 1.54) is 12.1 Å². The fraction of sp³-hybridized carbons (Fsp3) is 0.148. The molecule has 1 saturated heterocycles. The molecule has 1 aliphatic rings. The molecule has 1 atom stereocenters. The van der Waals surface area contributed by atoms with Crippen LogP contribution in [-0.2, 0) is 11.2 Å². The van der Waals surface area contributed by atoms with Gasteiger partial charge in [0.1, 0.15) is 11.9 Å². The number of nitrogens with one attached hydrogen (secondary N) is 1. The van der Waals surface area contributed by atoms with E-state index in [4.69, 9.17) is 0 Å². The fourth-order valence-electron chi connectivity index (χ4n) is 4.41. The minimum Gasteiger partial charge on any atom is -0.353 e.